The van der Waals surface area contributed by atoms with E-state index in [0.29, 0.717) is 13.2 Å². The fourth-order valence-corrected chi connectivity index (χ4v) is 2.63. The monoisotopic (exact) mass is 261 g/mol. The van der Waals surface area contributed by atoms with E-state index in [4.69, 9.17) is 4.74 Å². The van der Waals surface area contributed by atoms with Crippen LogP contribution in [0.2, 0.25) is 0 Å². The smallest absolute Gasteiger partial charge is 0.223 e. The molecule has 3 heteroatoms. The van der Waals surface area contributed by atoms with E-state index in [1.807, 2.05) is 19.1 Å². The molecule has 0 atom stereocenters. The number of ether oxygens (including phenoxy) is 1. The molecule has 1 aromatic rings. The molecule has 19 heavy (non-hydrogen) atoms. The molecular weight excluding hydrogens is 238 g/mol. The van der Waals surface area contributed by atoms with Crippen LogP contribution in [0.5, 0.6) is 5.75 Å². The van der Waals surface area contributed by atoms with Crippen molar-refractivity contribution in [1.82, 2.24) is 5.32 Å². The van der Waals surface area contributed by atoms with Gasteiger partial charge in [0.05, 0.1) is 6.54 Å². The fraction of sp³-hybridized carbons (Fsp3) is 0.562. The summed E-state index contributed by atoms with van der Waals surface area (Å²) >= 11 is 0. The minimum atomic E-state index is 0.196. The van der Waals surface area contributed by atoms with Crippen LogP contribution < -0.4 is 10.1 Å². The molecule has 0 unspecified atom stereocenters. The summed E-state index contributed by atoms with van der Waals surface area (Å²) in [5.41, 5.74) is 2.38. The lowest BCUT2D eigenvalue weighted by molar-refractivity contribution is -0.124. The van der Waals surface area contributed by atoms with Gasteiger partial charge in [0.25, 0.3) is 0 Å². The maximum absolute atomic E-state index is 11.8. The van der Waals surface area contributed by atoms with E-state index in [1.165, 1.54) is 18.4 Å². The van der Waals surface area contributed by atoms with Crippen LogP contribution in [-0.4, -0.2) is 19.1 Å². The standard InChI is InChI=1S/C16H23NO2/c1-12-7-8-15(13(2)11-12)19-10-9-17-16(18)14-5-3-4-6-14/h7-8,11,14H,3-6,9-10H2,1-2H3,(H,17,18). The molecule has 0 saturated heterocycles. The topological polar surface area (TPSA) is 38.3 Å². The van der Waals surface area contributed by atoms with E-state index < -0.39 is 0 Å². The zero-order chi connectivity index (χ0) is 13.7. The molecule has 1 aliphatic rings. The van der Waals surface area contributed by atoms with Crippen LogP contribution in [0.4, 0.5) is 0 Å². The van der Waals surface area contributed by atoms with Crippen LogP contribution in [-0.2, 0) is 4.79 Å². The molecule has 0 aliphatic heterocycles. The predicted octanol–water partition coefficient (Wildman–Crippen LogP) is 2.99. The number of rotatable bonds is 5. The number of hydrogen-bond donors (Lipinski definition) is 1. The summed E-state index contributed by atoms with van der Waals surface area (Å²) in [6.45, 7) is 5.23. The lowest BCUT2D eigenvalue weighted by atomic mass is 10.1. The molecule has 0 spiro atoms. The average molecular weight is 261 g/mol. The molecule has 1 amide bonds. The molecule has 0 aromatic heterocycles. The van der Waals surface area contributed by atoms with Gasteiger partial charge in [-0.25, -0.2) is 0 Å². The van der Waals surface area contributed by atoms with Gasteiger partial charge in [0.2, 0.25) is 5.91 Å². The van der Waals surface area contributed by atoms with Crippen molar-refractivity contribution in [2.24, 2.45) is 5.92 Å². The minimum Gasteiger partial charge on any atom is -0.491 e. The molecule has 1 aliphatic carbocycles. The van der Waals surface area contributed by atoms with Gasteiger partial charge in [-0.2, -0.15) is 0 Å². The van der Waals surface area contributed by atoms with Crippen LogP contribution in [0.15, 0.2) is 18.2 Å². The molecule has 104 valence electrons. The number of aryl methyl sites for hydroxylation is 2. The van der Waals surface area contributed by atoms with E-state index in [9.17, 15) is 4.79 Å². The number of carbonyl (C=O) groups excluding carboxylic acids is 1. The van der Waals surface area contributed by atoms with Crippen LogP contribution in [0.25, 0.3) is 0 Å². The molecule has 2 rings (SSSR count). The van der Waals surface area contributed by atoms with Crippen molar-refractivity contribution in [3.63, 3.8) is 0 Å². The highest BCUT2D eigenvalue weighted by atomic mass is 16.5. The molecule has 1 fully saturated rings. The summed E-state index contributed by atoms with van der Waals surface area (Å²) < 4.78 is 5.69. The molecule has 1 saturated carbocycles. The Hall–Kier alpha value is -1.51. The second kappa shape index (κ2) is 6.60. The summed E-state index contributed by atoms with van der Waals surface area (Å²) in [4.78, 5) is 11.8. The second-order valence-corrected chi connectivity index (χ2v) is 5.39. The highest BCUT2D eigenvalue weighted by molar-refractivity contribution is 5.78. The van der Waals surface area contributed by atoms with Crippen molar-refractivity contribution < 1.29 is 9.53 Å². The third-order valence-electron chi connectivity index (χ3n) is 3.72. The number of carbonyl (C=O) groups is 1. The summed E-state index contributed by atoms with van der Waals surface area (Å²) in [6, 6.07) is 6.13. The van der Waals surface area contributed by atoms with E-state index in [-0.39, 0.29) is 11.8 Å². The number of benzene rings is 1. The first-order valence-corrected chi connectivity index (χ1v) is 7.14. The van der Waals surface area contributed by atoms with Crippen LogP contribution in [0, 0.1) is 19.8 Å². The second-order valence-electron chi connectivity index (χ2n) is 5.39. The number of amides is 1. The van der Waals surface area contributed by atoms with Gasteiger partial charge in [-0.1, -0.05) is 30.5 Å². The van der Waals surface area contributed by atoms with Crippen LogP contribution >= 0.6 is 0 Å². The Bertz CT molecular complexity index is 436. The van der Waals surface area contributed by atoms with Gasteiger partial charge in [0, 0.05) is 5.92 Å². The summed E-state index contributed by atoms with van der Waals surface area (Å²) in [6.07, 6.45) is 4.47. The van der Waals surface area contributed by atoms with Gasteiger partial charge < -0.3 is 10.1 Å². The average Bonchev–Trinajstić information content (AvgIpc) is 2.90. The van der Waals surface area contributed by atoms with Gasteiger partial charge in [0.1, 0.15) is 12.4 Å². The fourth-order valence-electron chi connectivity index (χ4n) is 2.63. The predicted molar refractivity (Wildman–Crippen MR) is 76.4 cm³/mol. The van der Waals surface area contributed by atoms with E-state index in [0.717, 1.165) is 24.2 Å². The van der Waals surface area contributed by atoms with Crippen molar-refractivity contribution in [2.75, 3.05) is 13.2 Å². The van der Waals surface area contributed by atoms with Gasteiger partial charge in [-0.05, 0) is 38.3 Å². The minimum absolute atomic E-state index is 0.196. The zero-order valence-corrected chi connectivity index (χ0v) is 11.9. The van der Waals surface area contributed by atoms with Crippen molar-refractivity contribution in [3.8, 4) is 5.75 Å². The first-order chi connectivity index (χ1) is 9.16. The third-order valence-corrected chi connectivity index (χ3v) is 3.72. The van der Waals surface area contributed by atoms with Crippen molar-refractivity contribution in [1.29, 1.82) is 0 Å². The largest absolute Gasteiger partial charge is 0.491 e. The Morgan fingerprint density at radius 2 is 2.05 bits per heavy atom. The van der Waals surface area contributed by atoms with E-state index in [1.54, 1.807) is 0 Å². The van der Waals surface area contributed by atoms with Crippen molar-refractivity contribution >= 4 is 5.91 Å². The Labute approximate surface area is 115 Å². The van der Waals surface area contributed by atoms with Crippen molar-refractivity contribution in [3.05, 3.63) is 29.3 Å². The maximum Gasteiger partial charge on any atom is 0.223 e. The highest BCUT2D eigenvalue weighted by Gasteiger charge is 2.21. The number of nitrogens with one attached hydrogen (secondary N) is 1. The van der Waals surface area contributed by atoms with E-state index in [2.05, 4.69) is 18.3 Å². The highest BCUT2D eigenvalue weighted by Crippen LogP contribution is 2.24. The van der Waals surface area contributed by atoms with Crippen molar-refractivity contribution in [2.45, 2.75) is 39.5 Å². The van der Waals surface area contributed by atoms with Crippen LogP contribution in [0.3, 0.4) is 0 Å². The SMILES string of the molecule is Cc1ccc(OCCNC(=O)C2CCCC2)c(C)c1. The van der Waals surface area contributed by atoms with Crippen LogP contribution in [0.1, 0.15) is 36.8 Å². The molecule has 1 N–H and O–H groups in total. The Kier molecular flexibility index (Phi) is 4.83. The summed E-state index contributed by atoms with van der Waals surface area (Å²) in [5, 5.41) is 2.96. The van der Waals surface area contributed by atoms with E-state index >= 15 is 0 Å². The Balaban J connectivity index is 1.70. The lowest BCUT2D eigenvalue weighted by Gasteiger charge is -2.12. The first-order valence-electron chi connectivity index (χ1n) is 7.14. The van der Waals surface area contributed by atoms with Gasteiger partial charge >= 0.3 is 0 Å². The third kappa shape index (κ3) is 3.98. The lowest BCUT2D eigenvalue weighted by Crippen LogP contribution is -2.32. The van der Waals surface area contributed by atoms with Gasteiger partial charge in [-0.15, -0.1) is 0 Å². The molecule has 0 radical (unpaired) electrons. The Morgan fingerprint density at radius 3 is 2.74 bits per heavy atom. The summed E-state index contributed by atoms with van der Waals surface area (Å²) in [7, 11) is 0. The molecule has 0 heterocycles. The molecular formula is C16H23NO2. The Morgan fingerprint density at radius 1 is 1.32 bits per heavy atom. The normalized spacial score (nSPS) is 15.5. The molecule has 3 nitrogen and oxygen atoms in total. The van der Waals surface area contributed by atoms with Gasteiger partial charge in [0.15, 0.2) is 0 Å². The molecule has 0 bridgehead atoms. The van der Waals surface area contributed by atoms with Gasteiger partial charge in [-0.3, -0.25) is 4.79 Å². The molecule has 1 aromatic carbocycles. The maximum atomic E-state index is 11.8. The number of hydrogen-bond acceptors (Lipinski definition) is 2. The zero-order valence-electron chi connectivity index (χ0n) is 11.9. The summed E-state index contributed by atoms with van der Waals surface area (Å²) in [5.74, 6) is 1.34. The quantitative estimate of drug-likeness (QED) is 0.827. The first kappa shape index (κ1) is 13.9.